The molecule has 1 amide bonds. The summed E-state index contributed by atoms with van der Waals surface area (Å²) in [6.45, 7) is 1.92. The van der Waals surface area contributed by atoms with Crippen LogP contribution in [0.4, 0.5) is 0 Å². The Kier molecular flexibility index (Phi) is 4.89. The van der Waals surface area contributed by atoms with E-state index in [9.17, 15) is 9.90 Å². The molecule has 0 bridgehead atoms. The predicted octanol–water partition coefficient (Wildman–Crippen LogP) is 2.60. The molecule has 3 rings (SSSR count). The third-order valence-corrected chi connectivity index (χ3v) is 4.10. The Hall–Kier alpha value is -2.29. The van der Waals surface area contributed by atoms with E-state index >= 15 is 0 Å². The van der Waals surface area contributed by atoms with E-state index in [4.69, 9.17) is 9.47 Å². The van der Waals surface area contributed by atoms with Gasteiger partial charge in [0.1, 0.15) is 12.4 Å². The number of halogens is 1. The lowest BCUT2D eigenvalue weighted by atomic mass is 10.1. The van der Waals surface area contributed by atoms with Gasteiger partial charge < -0.3 is 14.6 Å². The molecule has 1 heterocycles. The number of ether oxygens (including phenoxy) is 2. The van der Waals surface area contributed by atoms with E-state index in [1.165, 1.54) is 6.21 Å². The molecule has 0 saturated heterocycles. The topological polar surface area (TPSA) is 80.2 Å². The van der Waals surface area contributed by atoms with Crippen LogP contribution in [0.2, 0.25) is 0 Å². The number of para-hydroxylation sites is 2. The monoisotopic (exact) mass is 438 g/mol. The first-order chi connectivity index (χ1) is 11.5. The van der Waals surface area contributed by atoms with Crippen LogP contribution in [0, 0.1) is 10.5 Å². The molecule has 6 nitrogen and oxygen atoms in total. The molecular weight excluding hydrogens is 423 g/mol. The van der Waals surface area contributed by atoms with E-state index in [0.29, 0.717) is 17.1 Å². The summed E-state index contributed by atoms with van der Waals surface area (Å²) in [5.41, 5.74) is 3.69. The number of aryl methyl sites for hydroxylation is 1. The van der Waals surface area contributed by atoms with Gasteiger partial charge in [-0.05, 0) is 59.3 Å². The molecule has 7 heteroatoms. The summed E-state index contributed by atoms with van der Waals surface area (Å²) in [5, 5.41) is 13.9. The van der Waals surface area contributed by atoms with Crippen LogP contribution < -0.4 is 14.9 Å². The fourth-order valence-corrected chi connectivity index (χ4v) is 3.05. The van der Waals surface area contributed by atoms with Crippen molar-refractivity contribution in [2.24, 2.45) is 5.10 Å². The van der Waals surface area contributed by atoms with Crippen molar-refractivity contribution in [1.82, 2.24) is 5.43 Å². The van der Waals surface area contributed by atoms with Crippen LogP contribution in [0.15, 0.2) is 41.5 Å². The van der Waals surface area contributed by atoms with Crippen molar-refractivity contribution in [2.75, 3.05) is 6.61 Å². The largest absolute Gasteiger partial charge is 0.507 e. The van der Waals surface area contributed by atoms with Gasteiger partial charge in [-0.3, -0.25) is 4.79 Å². The minimum atomic E-state index is -0.775. The molecule has 124 valence electrons. The van der Waals surface area contributed by atoms with Gasteiger partial charge in [-0.15, -0.1) is 0 Å². The maximum Gasteiger partial charge on any atom is 0.284 e. The highest BCUT2D eigenvalue weighted by atomic mass is 127. The van der Waals surface area contributed by atoms with E-state index in [0.717, 1.165) is 9.13 Å². The number of phenols is 1. The molecule has 0 spiro atoms. The van der Waals surface area contributed by atoms with Gasteiger partial charge in [0.05, 0.1) is 6.21 Å². The fourth-order valence-electron chi connectivity index (χ4n) is 2.25. The minimum absolute atomic E-state index is 0.117. The smallest absolute Gasteiger partial charge is 0.284 e. The average Bonchev–Trinajstić information content (AvgIpc) is 2.58. The van der Waals surface area contributed by atoms with Crippen molar-refractivity contribution in [3.8, 4) is 17.2 Å². The first kappa shape index (κ1) is 16.6. The van der Waals surface area contributed by atoms with Crippen molar-refractivity contribution in [3.63, 3.8) is 0 Å². The SMILES string of the molecule is Cc1cc(I)cc(/C=N/NC(=O)[C@H]2COc3ccccc3O2)c1O. The average molecular weight is 438 g/mol. The molecule has 2 aromatic rings. The highest BCUT2D eigenvalue weighted by molar-refractivity contribution is 14.1. The molecule has 2 aromatic carbocycles. The van der Waals surface area contributed by atoms with Crippen LogP contribution in [-0.4, -0.2) is 29.9 Å². The Balaban J connectivity index is 1.64. The normalized spacial score (nSPS) is 16.2. The summed E-state index contributed by atoms with van der Waals surface area (Å²) in [4.78, 5) is 12.1. The van der Waals surface area contributed by atoms with Gasteiger partial charge >= 0.3 is 0 Å². The van der Waals surface area contributed by atoms with Crippen molar-refractivity contribution in [3.05, 3.63) is 51.1 Å². The molecule has 0 saturated carbocycles. The number of carbonyl (C=O) groups excluding carboxylic acids is 1. The lowest BCUT2D eigenvalue weighted by molar-refractivity contribution is -0.130. The van der Waals surface area contributed by atoms with E-state index in [2.05, 4.69) is 33.1 Å². The molecule has 0 unspecified atom stereocenters. The molecule has 1 aliphatic rings. The lowest BCUT2D eigenvalue weighted by Crippen LogP contribution is -2.42. The van der Waals surface area contributed by atoms with Gasteiger partial charge in [0.15, 0.2) is 11.5 Å². The van der Waals surface area contributed by atoms with Crippen LogP contribution in [0.5, 0.6) is 17.2 Å². The molecule has 24 heavy (non-hydrogen) atoms. The zero-order valence-corrected chi connectivity index (χ0v) is 15.0. The molecule has 0 fully saturated rings. The van der Waals surface area contributed by atoms with Crippen molar-refractivity contribution in [1.29, 1.82) is 0 Å². The van der Waals surface area contributed by atoms with Gasteiger partial charge in [-0.1, -0.05) is 12.1 Å². The molecule has 1 aliphatic heterocycles. The molecule has 1 atom stereocenters. The number of nitrogens with one attached hydrogen (secondary N) is 1. The van der Waals surface area contributed by atoms with Gasteiger partial charge in [0.25, 0.3) is 5.91 Å². The van der Waals surface area contributed by atoms with Gasteiger partial charge in [0, 0.05) is 9.13 Å². The number of fused-ring (bicyclic) bond motifs is 1. The van der Waals surface area contributed by atoms with Crippen molar-refractivity contribution >= 4 is 34.7 Å². The number of aromatic hydroxyl groups is 1. The summed E-state index contributed by atoms with van der Waals surface area (Å²) < 4.78 is 12.1. The van der Waals surface area contributed by atoms with Crippen LogP contribution in [0.25, 0.3) is 0 Å². The number of nitrogens with zero attached hydrogens (tertiary/aromatic N) is 1. The first-order valence-electron chi connectivity index (χ1n) is 7.25. The third kappa shape index (κ3) is 3.61. The number of amides is 1. The van der Waals surface area contributed by atoms with Crippen molar-refractivity contribution < 1.29 is 19.4 Å². The highest BCUT2D eigenvalue weighted by Gasteiger charge is 2.26. The molecular formula is C17H15IN2O4. The Morgan fingerprint density at radius 3 is 2.92 bits per heavy atom. The second kappa shape index (κ2) is 7.08. The summed E-state index contributed by atoms with van der Waals surface area (Å²) in [7, 11) is 0. The Morgan fingerprint density at radius 1 is 1.38 bits per heavy atom. The zero-order chi connectivity index (χ0) is 17.1. The maximum absolute atomic E-state index is 12.1. The summed E-state index contributed by atoms with van der Waals surface area (Å²) in [6.07, 6.45) is 0.628. The predicted molar refractivity (Wildman–Crippen MR) is 97.7 cm³/mol. The van der Waals surface area contributed by atoms with Crippen LogP contribution in [0.1, 0.15) is 11.1 Å². The summed E-state index contributed by atoms with van der Waals surface area (Å²) in [6, 6.07) is 10.8. The lowest BCUT2D eigenvalue weighted by Gasteiger charge is -2.24. The van der Waals surface area contributed by atoms with Gasteiger partial charge in [-0.2, -0.15) is 5.10 Å². The van der Waals surface area contributed by atoms with E-state index in [1.807, 2.05) is 18.2 Å². The van der Waals surface area contributed by atoms with Crippen molar-refractivity contribution in [2.45, 2.75) is 13.0 Å². The Bertz CT molecular complexity index is 807. The minimum Gasteiger partial charge on any atom is -0.507 e. The standard InChI is InChI=1S/C17H15IN2O4/c1-10-6-12(18)7-11(16(10)21)8-19-20-17(22)15-9-23-13-4-2-3-5-14(13)24-15/h2-8,15,21H,9H2,1H3,(H,20,22)/b19-8+/t15-/m1/s1. The fraction of sp³-hybridized carbons (Fsp3) is 0.176. The highest BCUT2D eigenvalue weighted by Crippen LogP contribution is 2.30. The zero-order valence-electron chi connectivity index (χ0n) is 12.8. The number of rotatable bonds is 3. The quantitative estimate of drug-likeness (QED) is 0.439. The van der Waals surface area contributed by atoms with Gasteiger partial charge in [0.2, 0.25) is 6.10 Å². The third-order valence-electron chi connectivity index (χ3n) is 3.47. The molecule has 0 radical (unpaired) electrons. The van der Waals surface area contributed by atoms with E-state index in [-0.39, 0.29) is 12.4 Å². The number of hydrogen-bond acceptors (Lipinski definition) is 5. The first-order valence-corrected chi connectivity index (χ1v) is 8.33. The number of phenolic OH excluding ortho intramolecular Hbond substituents is 1. The summed E-state index contributed by atoms with van der Waals surface area (Å²) in [5.74, 6) is 0.866. The summed E-state index contributed by atoms with van der Waals surface area (Å²) >= 11 is 2.15. The second-order valence-electron chi connectivity index (χ2n) is 5.26. The molecule has 0 aliphatic carbocycles. The number of carbonyl (C=O) groups is 1. The van der Waals surface area contributed by atoms with Crippen LogP contribution >= 0.6 is 22.6 Å². The van der Waals surface area contributed by atoms with Gasteiger partial charge in [-0.25, -0.2) is 5.43 Å². The second-order valence-corrected chi connectivity index (χ2v) is 6.50. The van der Waals surface area contributed by atoms with E-state index < -0.39 is 12.0 Å². The number of hydrogen-bond donors (Lipinski definition) is 2. The Labute approximate surface area is 152 Å². The van der Waals surface area contributed by atoms with Crippen LogP contribution in [-0.2, 0) is 4.79 Å². The number of benzene rings is 2. The molecule has 0 aromatic heterocycles. The van der Waals surface area contributed by atoms with Crippen LogP contribution in [0.3, 0.4) is 0 Å². The molecule has 2 N–H and O–H groups in total. The Morgan fingerprint density at radius 2 is 2.12 bits per heavy atom. The van der Waals surface area contributed by atoms with E-state index in [1.54, 1.807) is 25.1 Å². The maximum atomic E-state index is 12.1. The number of hydrazone groups is 1.